The van der Waals surface area contributed by atoms with Gasteiger partial charge >= 0.3 is 17.9 Å². The van der Waals surface area contributed by atoms with Gasteiger partial charge in [-0.1, -0.05) is 25.3 Å². The van der Waals surface area contributed by atoms with Gasteiger partial charge in [0.25, 0.3) is 0 Å². The molecule has 304 valence electrons. The van der Waals surface area contributed by atoms with E-state index in [2.05, 4.69) is 23.4 Å². The fraction of sp³-hybridized carbons (Fsp3) is 0.283. The summed E-state index contributed by atoms with van der Waals surface area (Å²) in [5, 5.41) is 8.23. The third-order valence-corrected chi connectivity index (χ3v) is 8.28. The second-order valence-corrected chi connectivity index (χ2v) is 12.8. The highest BCUT2D eigenvalue weighted by molar-refractivity contribution is 5.91. The summed E-state index contributed by atoms with van der Waals surface area (Å²) in [6.45, 7) is 8.99. The summed E-state index contributed by atoms with van der Waals surface area (Å²) >= 11 is 0. The normalized spacial score (nSPS) is 10.9. The van der Waals surface area contributed by atoms with Crippen molar-refractivity contribution in [2.75, 3.05) is 26.4 Å². The van der Waals surface area contributed by atoms with Crippen LogP contribution in [0.5, 0.6) is 23.0 Å². The third kappa shape index (κ3) is 17.9. The minimum atomic E-state index is -0.475. The molecule has 4 rings (SSSR count). The standard InChI is InChI=1S/C46H50N2O10/c1-3-44(49)54-31-11-7-5-9-29-52-40-21-17-38(18-22-40)35-56-58-43-25-15-37(16-26-43)34-48-47-33-36-13-23-42(24-14-36)57-46(51)39-19-27-41(28-20-39)53-30-10-6-8-12-32-55-45(50)4-2/h3-4,13-28,33-34H,1-2,5-12,29-32,35H2/b47-33+,48-34+. The molecule has 0 radical (unpaired) electrons. The van der Waals surface area contributed by atoms with Crippen LogP contribution in [0.25, 0.3) is 0 Å². The number of benzene rings is 4. The van der Waals surface area contributed by atoms with E-state index in [0.29, 0.717) is 49.2 Å². The highest BCUT2D eigenvalue weighted by Gasteiger charge is 2.09. The van der Waals surface area contributed by atoms with E-state index in [4.69, 9.17) is 33.5 Å². The average Bonchev–Trinajstić information content (AvgIpc) is 3.25. The van der Waals surface area contributed by atoms with Gasteiger partial charge in [-0.2, -0.15) is 15.1 Å². The second kappa shape index (κ2) is 26.3. The lowest BCUT2D eigenvalue weighted by Gasteiger charge is -2.08. The number of carbonyl (C=O) groups is 3. The maximum atomic E-state index is 12.6. The molecular formula is C46H50N2O10. The Bertz CT molecular complexity index is 1910. The Morgan fingerprint density at radius 2 is 0.931 bits per heavy atom. The van der Waals surface area contributed by atoms with Crippen molar-refractivity contribution < 1.29 is 47.8 Å². The number of ether oxygens (including phenoxy) is 5. The number of unbranched alkanes of at least 4 members (excludes halogenated alkanes) is 6. The van der Waals surface area contributed by atoms with E-state index in [9.17, 15) is 14.4 Å². The van der Waals surface area contributed by atoms with Gasteiger partial charge in [-0.05, 0) is 153 Å². The molecule has 0 aliphatic heterocycles. The molecule has 4 aromatic rings. The summed E-state index contributed by atoms with van der Waals surface area (Å²) in [5.74, 6) is 1.15. The Morgan fingerprint density at radius 3 is 1.41 bits per heavy atom. The number of carbonyl (C=O) groups excluding carboxylic acids is 3. The van der Waals surface area contributed by atoms with E-state index >= 15 is 0 Å². The summed E-state index contributed by atoms with van der Waals surface area (Å²) in [4.78, 5) is 45.5. The fourth-order valence-corrected chi connectivity index (χ4v) is 5.09. The van der Waals surface area contributed by atoms with Crippen LogP contribution in [0.2, 0.25) is 0 Å². The highest BCUT2D eigenvalue weighted by atomic mass is 17.2. The van der Waals surface area contributed by atoms with Gasteiger partial charge in [0.1, 0.15) is 23.9 Å². The van der Waals surface area contributed by atoms with Crippen molar-refractivity contribution in [1.29, 1.82) is 0 Å². The largest absolute Gasteiger partial charge is 0.494 e. The Balaban J connectivity index is 1.06. The second-order valence-electron chi connectivity index (χ2n) is 12.8. The number of nitrogens with zero attached hydrogens (tertiary/aromatic N) is 2. The quantitative estimate of drug-likeness (QED) is 0.0109. The average molecular weight is 791 g/mol. The van der Waals surface area contributed by atoms with E-state index in [0.717, 1.165) is 79.9 Å². The molecular weight excluding hydrogens is 741 g/mol. The third-order valence-electron chi connectivity index (χ3n) is 8.28. The van der Waals surface area contributed by atoms with Crippen LogP contribution >= 0.6 is 0 Å². The van der Waals surface area contributed by atoms with Crippen molar-refractivity contribution in [3.63, 3.8) is 0 Å². The van der Waals surface area contributed by atoms with Gasteiger partial charge in [-0.25, -0.2) is 14.4 Å². The van der Waals surface area contributed by atoms with Crippen LogP contribution in [-0.2, 0) is 30.6 Å². The summed E-state index contributed by atoms with van der Waals surface area (Å²) in [7, 11) is 0. The van der Waals surface area contributed by atoms with Crippen molar-refractivity contribution >= 4 is 30.3 Å². The van der Waals surface area contributed by atoms with Gasteiger partial charge in [0.15, 0.2) is 5.75 Å². The molecule has 4 aromatic carbocycles. The van der Waals surface area contributed by atoms with Gasteiger partial charge in [0, 0.05) is 12.2 Å². The molecule has 0 fully saturated rings. The molecule has 0 atom stereocenters. The van der Waals surface area contributed by atoms with Gasteiger partial charge < -0.3 is 28.6 Å². The molecule has 12 heteroatoms. The predicted molar refractivity (Wildman–Crippen MR) is 222 cm³/mol. The summed E-state index contributed by atoms with van der Waals surface area (Å²) in [6, 6.07) is 28.6. The molecule has 0 amide bonds. The molecule has 0 unspecified atom stereocenters. The van der Waals surface area contributed by atoms with Crippen LogP contribution in [0.4, 0.5) is 0 Å². The number of rotatable bonds is 27. The van der Waals surface area contributed by atoms with Crippen LogP contribution in [0.15, 0.2) is 133 Å². The molecule has 12 nitrogen and oxygen atoms in total. The molecule has 58 heavy (non-hydrogen) atoms. The number of hydrogen-bond donors (Lipinski definition) is 0. The first-order valence-electron chi connectivity index (χ1n) is 19.2. The molecule has 0 saturated carbocycles. The maximum absolute atomic E-state index is 12.6. The lowest BCUT2D eigenvalue weighted by molar-refractivity contribution is -0.217. The van der Waals surface area contributed by atoms with Gasteiger partial charge in [-0.3, -0.25) is 0 Å². The zero-order valence-electron chi connectivity index (χ0n) is 32.6. The number of hydrogen-bond acceptors (Lipinski definition) is 12. The van der Waals surface area contributed by atoms with Gasteiger partial charge in [-0.15, -0.1) is 0 Å². The maximum Gasteiger partial charge on any atom is 0.343 e. The zero-order valence-corrected chi connectivity index (χ0v) is 32.6. The molecule has 0 spiro atoms. The zero-order chi connectivity index (χ0) is 41.0. The first-order chi connectivity index (χ1) is 28.4. The Kier molecular flexibility index (Phi) is 20.1. The highest BCUT2D eigenvalue weighted by Crippen LogP contribution is 2.18. The van der Waals surface area contributed by atoms with Gasteiger partial charge in [0.2, 0.25) is 0 Å². The van der Waals surface area contributed by atoms with Crippen LogP contribution < -0.4 is 19.1 Å². The van der Waals surface area contributed by atoms with Crippen LogP contribution in [0.3, 0.4) is 0 Å². The van der Waals surface area contributed by atoms with Gasteiger partial charge in [0.05, 0.1) is 44.4 Å². The molecule has 0 bridgehead atoms. The first kappa shape index (κ1) is 44.2. The predicted octanol–water partition coefficient (Wildman–Crippen LogP) is 9.21. The number of esters is 3. The topological polar surface area (TPSA) is 141 Å². The first-order valence-corrected chi connectivity index (χ1v) is 19.2. The Labute approximate surface area is 339 Å². The minimum Gasteiger partial charge on any atom is -0.494 e. The van der Waals surface area contributed by atoms with E-state index in [-0.39, 0.29) is 12.6 Å². The lowest BCUT2D eigenvalue weighted by atomic mass is 10.2. The van der Waals surface area contributed by atoms with E-state index < -0.39 is 11.9 Å². The van der Waals surface area contributed by atoms with Crippen molar-refractivity contribution in [2.24, 2.45) is 10.2 Å². The molecule has 0 heterocycles. The molecule has 0 aliphatic rings. The van der Waals surface area contributed by atoms with Crippen molar-refractivity contribution in [2.45, 2.75) is 58.0 Å². The monoisotopic (exact) mass is 790 g/mol. The molecule has 0 N–H and O–H groups in total. The van der Waals surface area contributed by atoms with Crippen molar-refractivity contribution in [3.05, 3.63) is 145 Å². The molecule has 0 saturated heterocycles. The SMILES string of the molecule is C=CC(=O)OCCCCCCOc1ccc(COOc2ccc(/C=N/N=C/c3ccc(OC(=O)c4ccc(OCCCCCCOC(=O)C=C)cc4)cc3)cc2)cc1. The molecule has 0 aliphatic carbocycles. The van der Waals surface area contributed by atoms with Crippen molar-refractivity contribution in [3.8, 4) is 23.0 Å². The molecule has 0 aromatic heterocycles. The van der Waals surface area contributed by atoms with E-state index in [1.54, 1.807) is 73.1 Å². The Morgan fingerprint density at radius 1 is 0.500 bits per heavy atom. The Hall–Kier alpha value is -6.53. The fourth-order valence-electron chi connectivity index (χ4n) is 5.09. The minimum absolute atomic E-state index is 0.269. The van der Waals surface area contributed by atoms with E-state index in [1.807, 2.05) is 36.4 Å². The van der Waals surface area contributed by atoms with Crippen LogP contribution in [0, 0.1) is 0 Å². The van der Waals surface area contributed by atoms with Crippen LogP contribution in [-0.4, -0.2) is 56.8 Å². The lowest BCUT2D eigenvalue weighted by Crippen LogP contribution is -2.08. The van der Waals surface area contributed by atoms with Crippen LogP contribution in [0.1, 0.15) is 78.4 Å². The van der Waals surface area contributed by atoms with Crippen molar-refractivity contribution in [1.82, 2.24) is 0 Å². The van der Waals surface area contributed by atoms with E-state index in [1.165, 1.54) is 6.08 Å². The smallest absolute Gasteiger partial charge is 0.343 e. The summed E-state index contributed by atoms with van der Waals surface area (Å²) in [5.41, 5.74) is 2.96. The summed E-state index contributed by atoms with van der Waals surface area (Å²) < 4.78 is 27.0. The summed E-state index contributed by atoms with van der Waals surface area (Å²) in [6.07, 6.45) is 12.8.